The Bertz CT molecular complexity index is 251. The van der Waals surface area contributed by atoms with Crippen LogP contribution in [0.4, 0.5) is 0 Å². The zero-order valence-electron chi connectivity index (χ0n) is 10.9. The summed E-state index contributed by atoms with van der Waals surface area (Å²) in [4.78, 5) is 2.59. The third kappa shape index (κ3) is 2.83. The Labute approximate surface area is 105 Å². The van der Waals surface area contributed by atoms with Crippen LogP contribution in [0.2, 0.25) is 0 Å². The number of nitrogens with two attached hydrogens (primary N) is 1. The lowest BCUT2D eigenvalue weighted by Gasteiger charge is -2.37. The zero-order chi connectivity index (χ0) is 11.7. The summed E-state index contributed by atoms with van der Waals surface area (Å²) in [5.74, 6) is 0. The van der Waals surface area contributed by atoms with Gasteiger partial charge in [0.05, 0.1) is 12.2 Å². The van der Waals surface area contributed by atoms with Gasteiger partial charge in [-0.2, -0.15) is 0 Å². The monoisotopic (exact) mass is 238 g/mol. The Morgan fingerprint density at radius 2 is 1.71 bits per heavy atom. The van der Waals surface area contributed by atoms with Crippen molar-refractivity contribution in [3.05, 3.63) is 0 Å². The highest BCUT2D eigenvalue weighted by molar-refractivity contribution is 4.90. The predicted molar refractivity (Wildman–Crippen MR) is 69.0 cm³/mol. The molecular weight excluding hydrogens is 212 g/mol. The number of rotatable bonds is 3. The molecule has 3 nitrogen and oxygen atoms in total. The van der Waals surface area contributed by atoms with Gasteiger partial charge in [-0.15, -0.1) is 0 Å². The van der Waals surface area contributed by atoms with Crippen molar-refractivity contribution in [2.75, 3.05) is 19.6 Å². The van der Waals surface area contributed by atoms with Gasteiger partial charge in [0.15, 0.2) is 0 Å². The summed E-state index contributed by atoms with van der Waals surface area (Å²) in [6.07, 6.45) is 11.3. The Morgan fingerprint density at radius 1 is 1.06 bits per heavy atom. The number of ether oxygens (including phenoxy) is 1. The van der Waals surface area contributed by atoms with Gasteiger partial charge >= 0.3 is 0 Å². The SMILES string of the molecule is NC1(CCN2CC3CCC(C2)O3)CCCCC1. The van der Waals surface area contributed by atoms with E-state index < -0.39 is 0 Å². The van der Waals surface area contributed by atoms with Crippen LogP contribution < -0.4 is 5.73 Å². The molecule has 0 amide bonds. The molecule has 0 aromatic carbocycles. The molecule has 0 radical (unpaired) electrons. The van der Waals surface area contributed by atoms with E-state index in [0.29, 0.717) is 12.2 Å². The fourth-order valence-corrected chi connectivity index (χ4v) is 3.77. The molecule has 0 aromatic rings. The summed E-state index contributed by atoms with van der Waals surface area (Å²) in [5, 5.41) is 0. The molecule has 2 aliphatic heterocycles. The molecule has 2 N–H and O–H groups in total. The first-order valence-electron chi connectivity index (χ1n) is 7.40. The molecule has 1 aliphatic carbocycles. The Balaban J connectivity index is 1.47. The molecule has 17 heavy (non-hydrogen) atoms. The third-order valence-electron chi connectivity index (χ3n) is 4.89. The summed E-state index contributed by atoms with van der Waals surface area (Å²) in [7, 11) is 0. The van der Waals surface area contributed by atoms with Crippen LogP contribution in [0.25, 0.3) is 0 Å². The number of likely N-dealkylation sites (tertiary alicyclic amines) is 1. The molecule has 3 heteroatoms. The maximum atomic E-state index is 6.50. The van der Waals surface area contributed by atoms with Crippen LogP contribution in [0.3, 0.4) is 0 Å². The molecule has 2 atom stereocenters. The van der Waals surface area contributed by atoms with Crippen molar-refractivity contribution in [1.29, 1.82) is 0 Å². The van der Waals surface area contributed by atoms with Crippen molar-refractivity contribution >= 4 is 0 Å². The fourth-order valence-electron chi connectivity index (χ4n) is 3.77. The van der Waals surface area contributed by atoms with E-state index in [1.807, 2.05) is 0 Å². The first kappa shape index (κ1) is 11.9. The summed E-state index contributed by atoms with van der Waals surface area (Å²) in [6.45, 7) is 3.48. The van der Waals surface area contributed by atoms with Crippen molar-refractivity contribution in [2.45, 2.75) is 69.1 Å². The lowest BCUT2D eigenvalue weighted by Crippen LogP contribution is -2.48. The summed E-state index contributed by atoms with van der Waals surface area (Å²) in [6, 6.07) is 0. The predicted octanol–water partition coefficient (Wildman–Crippen LogP) is 1.90. The van der Waals surface area contributed by atoms with E-state index in [2.05, 4.69) is 4.90 Å². The molecule has 0 spiro atoms. The van der Waals surface area contributed by atoms with E-state index >= 15 is 0 Å². The Hall–Kier alpha value is -0.120. The van der Waals surface area contributed by atoms with Crippen LogP contribution in [0, 0.1) is 0 Å². The number of hydrogen-bond acceptors (Lipinski definition) is 3. The molecule has 1 saturated carbocycles. The van der Waals surface area contributed by atoms with E-state index in [1.165, 1.54) is 57.9 Å². The van der Waals surface area contributed by atoms with Crippen molar-refractivity contribution < 1.29 is 4.74 Å². The highest BCUT2D eigenvalue weighted by atomic mass is 16.5. The zero-order valence-corrected chi connectivity index (χ0v) is 10.9. The lowest BCUT2D eigenvalue weighted by atomic mass is 9.80. The summed E-state index contributed by atoms with van der Waals surface area (Å²) < 4.78 is 5.87. The Kier molecular flexibility index (Phi) is 3.42. The van der Waals surface area contributed by atoms with Crippen LogP contribution in [0.5, 0.6) is 0 Å². The maximum absolute atomic E-state index is 6.50. The van der Waals surface area contributed by atoms with Gasteiger partial charge in [0.2, 0.25) is 0 Å². The van der Waals surface area contributed by atoms with E-state index in [4.69, 9.17) is 10.5 Å². The van der Waals surface area contributed by atoms with Gasteiger partial charge in [-0.05, 0) is 32.1 Å². The van der Waals surface area contributed by atoms with E-state index in [1.54, 1.807) is 0 Å². The first-order chi connectivity index (χ1) is 8.23. The Morgan fingerprint density at radius 3 is 2.35 bits per heavy atom. The van der Waals surface area contributed by atoms with Gasteiger partial charge in [0.1, 0.15) is 0 Å². The van der Waals surface area contributed by atoms with Crippen molar-refractivity contribution in [3.8, 4) is 0 Å². The van der Waals surface area contributed by atoms with Crippen LogP contribution in [0.15, 0.2) is 0 Å². The van der Waals surface area contributed by atoms with Crippen molar-refractivity contribution in [1.82, 2.24) is 4.90 Å². The lowest BCUT2D eigenvalue weighted by molar-refractivity contribution is -0.0404. The highest BCUT2D eigenvalue weighted by Gasteiger charge is 2.35. The molecule has 3 rings (SSSR count). The molecule has 0 aromatic heterocycles. The van der Waals surface area contributed by atoms with E-state index in [-0.39, 0.29) is 5.54 Å². The van der Waals surface area contributed by atoms with Crippen molar-refractivity contribution in [2.24, 2.45) is 5.73 Å². The van der Waals surface area contributed by atoms with Gasteiger partial charge < -0.3 is 10.5 Å². The third-order valence-corrected chi connectivity index (χ3v) is 4.89. The minimum Gasteiger partial charge on any atom is -0.372 e. The molecule has 98 valence electrons. The topological polar surface area (TPSA) is 38.5 Å². The molecule has 3 fully saturated rings. The number of fused-ring (bicyclic) bond motifs is 2. The minimum absolute atomic E-state index is 0.148. The number of nitrogens with zero attached hydrogens (tertiary/aromatic N) is 1. The maximum Gasteiger partial charge on any atom is 0.0707 e. The second kappa shape index (κ2) is 4.87. The van der Waals surface area contributed by atoms with Crippen LogP contribution in [-0.4, -0.2) is 42.3 Å². The largest absolute Gasteiger partial charge is 0.372 e. The van der Waals surface area contributed by atoms with Crippen LogP contribution >= 0.6 is 0 Å². The van der Waals surface area contributed by atoms with Gasteiger partial charge in [0, 0.05) is 25.2 Å². The van der Waals surface area contributed by atoms with Gasteiger partial charge in [-0.3, -0.25) is 4.90 Å². The fraction of sp³-hybridized carbons (Fsp3) is 1.00. The van der Waals surface area contributed by atoms with Crippen LogP contribution in [0.1, 0.15) is 51.4 Å². The molecule has 2 unspecified atom stereocenters. The van der Waals surface area contributed by atoms with Crippen molar-refractivity contribution in [3.63, 3.8) is 0 Å². The summed E-state index contributed by atoms with van der Waals surface area (Å²) in [5.41, 5.74) is 6.65. The van der Waals surface area contributed by atoms with Gasteiger partial charge in [-0.1, -0.05) is 19.3 Å². The van der Waals surface area contributed by atoms with Gasteiger partial charge in [0.25, 0.3) is 0 Å². The highest BCUT2D eigenvalue weighted by Crippen LogP contribution is 2.30. The summed E-state index contributed by atoms with van der Waals surface area (Å²) >= 11 is 0. The number of hydrogen-bond donors (Lipinski definition) is 1. The second-order valence-corrected chi connectivity index (χ2v) is 6.39. The molecule has 2 bridgehead atoms. The van der Waals surface area contributed by atoms with Crippen LogP contribution in [-0.2, 0) is 4.74 Å². The molecular formula is C14H26N2O. The molecule has 3 aliphatic rings. The quantitative estimate of drug-likeness (QED) is 0.816. The minimum atomic E-state index is 0.148. The van der Waals surface area contributed by atoms with E-state index in [9.17, 15) is 0 Å². The normalized spacial score (nSPS) is 37.2. The molecule has 2 heterocycles. The first-order valence-corrected chi connectivity index (χ1v) is 7.40. The van der Waals surface area contributed by atoms with E-state index in [0.717, 1.165) is 13.1 Å². The standard InChI is InChI=1S/C14H26N2O/c15-14(6-2-1-3-7-14)8-9-16-10-12-4-5-13(11-16)17-12/h12-13H,1-11,15H2. The second-order valence-electron chi connectivity index (χ2n) is 6.39. The van der Waals surface area contributed by atoms with Gasteiger partial charge in [-0.25, -0.2) is 0 Å². The average molecular weight is 238 g/mol. The smallest absolute Gasteiger partial charge is 0.0707 e. The number of morpholine rings is 1. The molecule has 2 saturated heterocycles. The average Bonchev–Trinajstić information content (AvgIpc) is 2.67.